The summed E-state index contributed by atoms with van der Waals surface area (Å²) in [6.07, 6.45) is -0.966. The van der Waals surface area contributed by atoms with Gasteiger partial charge in [-0.2, -0.15) is 9.61 Å². The van der Waals surface area contributed by atoms with Crippen molar-refractivity contribution in [2.45, 2.75) is 0 Å². The SMILES string of the molecule is O=C(O)N1CCN(c2cc(=O)n3nc(-c4cccc([N+](=O)[O-])c4)sc3n2)CC1. The number of fused-ring (bicyclic) bond motifs is 1. The second kappa shape index (κ2) is 6.88. The van der Waals surface area contributed by atoms with Crippen LogP contribution in [0.3, 0.4) is 0 Å². The molecule has 11 nitrogen and oxygen atoms in total. The molecule has 1 saturated heterocycles. The molecule has 1 aromatic carbocycles. The van der Waals surface area contributed by atoms with E-state index in [0.29, 0.717) is 47.5 Å². The molecule has 2 aromatic heterocycles. The average molecular weight is 402 g/mol. The highest BCUT2D eigenvalue weighted by Gasteiger charge is 2.22. The highest BCUT2D eigenvalue weighted by atomic mass is 32.1. The lowest BCUT2D eigenvalue weighted by molar-refractivity contribution is -0.384. The van der Waals surface area contributed by atoms with Gasteiger partial charge in [-0.15, -0.1) is 0 Å². The molecule has 28 heavy (non-hydrogen) atoms. The quantitative estimate of drug-likeness (QED) is 0.515. The molecule has 1 aliphatic rings. The Balaban J connectivity index is 1.67. The normalized spacial score (nSPS) is 14.4. The summed E-state index contributed by atoms with van der Waals surface area (Å²) in [5.41, 5.74) is 0.100. The zero-order valence-electron chi connectivity index (χ0n) is 14.4. The van der Waals surface area contributed by atoms with Gasteiger partial charge < -0.3 is 14.9 Å². The lowest BCUT2D eigenvalue weighted by Crippen LogP contribution is -2.48. The number of carbonyl (C=O) groups is 1. The molecule has 1 fully saturated rings. The number of aromatic nitrogens is 3. The molecule has 12 heteroatoms. The number of nitro benzene ring substituents is 1. The number of nitrogens with zero attached hydrogens (tertiary/aromatic N) is 6. The minimum atomic E-state index is -0.966. The van der Waals surface area contributed by atoms with Gasteiger partial charge in [0.1, 0.15) is 10.8 Å². The van der Waals surface area contributed by atoms with Crippen LogP contribution in [-0.4, -0.2) is 61.8 Å². The third-order valence-corrected chi connectivity index (χ3v) is 5.37. The van der Waals surface area contributed by atoms with Crippen molar-refractivity contribution in [1.29, 1.82) is 0 Å². The van der Waals surface area contributed by atoms with E-state index in [0.717, 1.165) is 15.9 Å². The van der Waals surface area contributed by atoms with Crippen molar-refractivity contribution in [1.82, 2.24) is 19.5 Å². The Kier molecular flexibility index (Phi) is 4.39. The van der Waals surface area contributed by atoms with E-state index >= 15 is 0 Å². The Hall–Kier alpha value is -3.54. The van der Waals surface area contributed by atoms with Crippen LogP contribution in [0.1, 0.15) is 0 Å². The first-order valence-corrected chi connectivity index (χ1v) is 9.12. The molecule has 1 aliphatic heterocycles. The van der Waals surface area contributed by atoms with Crippen molar-refractivity contribution >= 4 is 33.9 Å². The molecule has 0 unspecified atom stereocenters. The standard InChI is InChI=1S/C16H14N6O5S/c23-13-9-12(19-4-6-20(7-5-19)16(24)25)17-15-21(13)18-14(28-15)10-2-1-3-11(8-10)22(26)27/h1-3,8-9H,4-7H2,(H,24,25). The molecule has 0 aliphatic carbocycles. The molecule has 4 rings (SSSR count). The van der Waals surface area contributed by atoms with E-state index in [9.17, 15) is 19.7 Å². The third kappa shape index (κ3) is 3.24. The van der Waals surface area contributed by atoms with Crippen LogP contribution < -0.4 is 10.5 Å². The first-order chi connectivity index (χ1) is 13.4. The van der Waals surface area contributed by atoms with Gasteiger partial charge in [0.15, 0.2) is 0 Å². The summed E-state index contributed by atoms with van der Waals surface area (Å²) >= 11 is 1.16. The molecule has 3 aromatic rings. The van der Waals surface area contributed by atoms with Crippen LogP contribution in [0.4, 0.5) is 16.3 Å². The molecule has 0 saturated carbocycles. The average Bonchev–Trinajstić information content (AvgIpc) is 3.13. The molecule has 0 bridgehead atoms. The second-order valence-corrected chi connectivity index (χ2v) is 7.07. The van der Waals surface area contributed by atoms with E-state index in [-0.39, 0.29) is 11.2 Å². The summed E-state index contributed by atoms with van der Waals surface area (Å²) in [7, 11) is 0. The monoisotopic (exact) mass is 402 g/mol. The van der Waals surface area contributed by atoms with E-state index in [1.165, 1.54) is 23.1 Å². The van der Waals surface area contributed by atoms with Crippen molar-refractivity contribution in [3.8, 4) is 10.6 Å². The number of non-ortho nitro benzene ring substituents is 1. The molecule has 1 N–H and O–H groups in total. The number of piperazine rings is 1. The van der Waals surface area contributed by atoms with Crippen molar-refractivity contribution in [2.75, 3.05) is 31.1 Å². The minimum absolute atomic E-state index is 0.0611. The van der Waals surface area contributed by atoms with E-state index in [1.54, 1.807) is 12.1 Å². The Labute approximate surface area is 161 Å². The number of hydrogen-bond donors (Lipinski definition) is 1. The predicted molar refractivity (Wildman–Crippen MR) is 101 cm³/mol. The van der Waals surface area contributed by atoms with Gasteiger partial charge in [-0.05, 0) is 0 Å². The topological polar surface area (TPSA) is 134 Å². The number of hydrogen-bond acceptors (Lipinski definition) is 8. The number of nitro groups is 1. The van der Waals surface area contributed by atoms with Crippen LogP contribution >= 0.6 is 11.3 Å². The maximum absolute atomic E-state index is 12.5. The Morgan fingerprint density at radius 1 is 1.21 bits per heavy atom. The van der Waals surface area contributed by atoms with Crippen molar-refractivity contribution in [2.24, 2.45) is 0 Å². The van der Waals surface area contributed by atoms with E-state index < -0.39 is 11.0 Å². The fourth-order valence-corrected chi connectivity index (χ4v) is 3.85. The maximum Gasteiger partial charge on any atom is 0.407 e. The number of benzene rings is 1. The van der Waals surface area contributed by atoms with Gasteiger partial charge in [-0.25, -0.2) is 9.78 Å². The fourth-order valence-electron chi connectivity index (χ4n) is 2.96. The van der Waals surface area contributed by atoms with E-state index in [1.807, 2.05) is 4.90 Å². The summed E-state index contributed by atoms with van der Waals surface area (Å²) in [4.78, 5) is 42.0. The van der Waals surface area contributed by atoms with Crippen LogP contribution in [0.25, 0.3) is 15.5 Å². The van der Waals surface area contributed by atoms with Crippen LogP contribution in [0.2, 0.25) is 0 Å². The molecule has 0 atom stereocenters. The first-order valence-electron chi connectivity index (χ1n) is 8.31. The van der Waals surface area contributed by atoms with Gasteiger partial charge in [0.05, 0.1) is 4.92 Å². The van der Waals surface area contributed by atoms with Crippen LogP contribution in [0, 0.1) is 10.1 Å². The Morgan fingerprint density at radius 2 is 1.96 bits per heavy atom. The number of carboxylic acid groups (broad SMARTS) is 1. The third-order valence-electron chi connectivity index (χ3n) is 4.41. The lowest BCUT2D eigenvalue weighted by Gasteiger charge is -2.33. The van der Waals surface area contributed by atoms with Crippen molar-refractivity contribution in [3.63, 3.8) is 0 Å². The van der Waals surface area contributed by atoms with Gasteiger partial charge in [-0.3, -0.25) is 14.9 Å². The zero-order valence-corrected chi connectivity index (χ0v) is 15.2. The predicted octanol–water partition coefficient (Wildman–Crippen LogP) is 1.53. The lowest BCUT2D eigenvalue weighted by atomic mass is 10.2. The molecular weight excluding hydrogens is 388 g/mol. The van der Waals surface area contributed by atoms with Gasteiger partial charge >= 0.3 is 6.09 Å². The van der Waals surface area contributed by atoms with Crippen molar-refractivity contribution in [3.05, 3.63) is 50.8 Å². The van der Waals surface area contributed by atoms with Gasteiger partial charge in [0.25, 0.3) is 11.2 Å². The number of anilines is 1. The second-order valence-electron chi connectivity index (χ2n) is 6.12. The molecule has 0 radical (unpaired) electrons. The van der Waals surface area contributed by atoms with Gasteiger partial charge in [0.2, 0.25) is 4.96 Å². The van der Waals surface area contributed by atoms with Crippen LogP contribution in [0.15, 0.2) is 35.1 Å². The highest BCUT2D eigenvalue weighted by Crippen LogP contribution is 2.28. The number of amides is 1. The summed E-state index contributed by atoms with van der Waals surface area (Å²) in [6, 6.07) is 7.39. The van der Waals surface area contributed by atoms with E-state index in [2.05, 4.69) is 10.1 Å². The molecule has 0 spiro atoms. The zero-order chi connectivity index (χ0) is 19.8. The highest BCUT2D eigenvalue weighted by molar-refractivity contribution is 7.19. The largest absolute Gasteiger partial charge is 0.465 e. The first kappa shape index (κ1) is 17.9. The molecule has 1 amide bonds. The smallest absolute Gasteiger partial charge is 0.407 e. The fraction of sp³-hybridized carbons (Fsp3) is 0.250. The van der Waals surface area contributed by atoms with Gasteiger partial charge in [-0.1, -0.05) is 23.5 Å². The van der Waals surface area contributed by atoms with Crippen LogP contribution in [0.5, 0.6) is 0 Å². The molecular formula is C16H14N6O5S. The van der Waals surface area contributed by atoms with E-state index in [4.69, 9.17) is 5.11 Å². The Bertz CT molecular complexity index is 1130. The maximum atomic E-state index is 12.5. The minimum Gasteiger partial charge on any atom is -0.465 e. The summed E-state index contributed by atoms with van der Waals surface area (Å²) in [5, 5.41) is 24.7. The number of rotatable bonds is 3. The summed E-state index contributed by atoms with van der Waals surface area (Å²) < 4.78 is 1.16. The van der Waals surface area contributed by atoms with Gasteiger partial charge in [0, 0.05) is 49.9 Å². The Morgan fingerprint density at radius 3 is 2.64 bits per heavy atom. The van der Waals surface area contributed by atoms with Crippen LogP contribution in [-0.2, 0) is 0 Å². The summed E-state index contributed by atoms with van der Waals surface area (Å²) in [6.45, 7) is 1.53. The van der Waals surface area contributed by atoms with Crippen molar-refractivity contribution < 1.29 is 14.8 Å². The summed E-state index contributed by atoms with van der Waals surface area (Å²) in [5.74, 6) is 0.462. The molecule has 3 heterocycles. The molecule has 144 valence electrons.